The molecule has 2 rings (SSSR count). The number of fused-ring (bicyclic) bond motifs is 1. The van der Waals surface area contributed by atoms with Crippen molar-refractivity contribution in [1.82, 2.24) is 5.32 Å². The number of carbonyl (C=O) groups excluding carboxylic acids is 2. The van der Waals surface area contributed by atoms with E-state index >= 15 is 0 Å². The quantitative estimate of drug-likeness (QED) is 0.778. The third-order valence-corrected chi connectivity index (χ3v) is 4.35. The van der Waals surface area contributed by atoms with Crippen molar-refractivity contribution in [2.24, 2.45) is 0 Å². The molecule has 1 aliphatic heterocycles. The van der Waals surface area contributed by atoms with E-state index in [9.17, 15) is 9.59 Å². The Balaban J connectivity index is 2.06. The lowest BCUT2D eigenvalue weighted by Gasteiger charge is -2.27. The van der Waals surface area contributed by atoms with Gasteiger partial charge in [0.25, 0.3) is 11.8 Å². The van der Waals surface area contributed by atoms with Gasteiger partial charge in [0.2, 0.25) is 0 Å². The Labute approximate surface area is 132 Å². The molecule has 2 amide bonds. The monoisotopic (exact) mass is 304 g/mol. The highest BCUT2D eigenvalue weighted by Crippen LogP contribution is 2.27. The standard InChI is InChI=1S/C17H25N3O2/c1-4-18-16(21)12-19(5-2)13(3)17(22)20-11-10-14-8-6-7-9-15(14)20/h6-9,13H,4-5,10-12H2,1-3H3,(H,18,21)/p+1/t13-/m0/s1. The minimum absolute atomic E-state index is 0.000761. The molecular formula is C17H26N3O2+. The molecule has 5 heteroatoms. The van der Waals surface area contributed by atoms with E-state index in [0.29, 0.717) is 13.1 Å². The molecule has 2 N–H and O–H groups in total. The highest BCUT2D eigenvalue weighted by molar-refractivity contribution is 5.98. The molecule has 0 aromatic heterocycles. The molecule has 0 bridgehead atoms. The summed E-state index contributed by atoms with van der Waals surface area (Å²) in [6, 6.07) is 7.83. The Morgan fingerprint density at radius 1 is 1.32 bits per heavy atom. The fourth-order valence-electron chi connectivity index (χ4n) is 3.03. The van der Waals surface area contributed by atoms with Gasteiger partial charge in [-0.25, -0.2) is 0 Å². The van der Waals surface area contributed by atoms with Gasteiger partial charge in [-0.1, -0.05) is 18.2 Å². The summed E-state index contributed by atoms with van der Waals surface area (Å²) in [5, 5.41) is 2.80. The van der Waals surface area contributed by atoms with E-state index in [1.807, 2.05) is 43.9 Å². The number of nitrogens with zero attached hydrogens (tertiary/aromatic N) is 1. The zero-order valence-corrected chi connectivity index (χ0v) is 13.7. The van der Waals surface area contributed by atoms with Crippen molar-refractivity contribution in [3.05, 3.63) is 29.8 Å². The molecule has 0 spiro atoms. The van der Waals surface area contributed by atoms with Crippen molar-refractivity contribution in [2.45, 2.75) is 33.2 Å². The lowest BCUT2D eigenvalue weighted by molar-refractivity contribution is -0.904. The van der Waals surface area contributed by atoms with E-state index in [2.05, 4.69) is 11.4 Å². The van der Waals surface area contributed by atoms with Crippen LogP contribution < -0.4 is 15.1 Å². The van der Waals surface area contributed by atoms with E-state index in [0.717, 1.165) is 30.1 Å². The molecule has 0 saturated heterocycles. The smallest absolute Gasteiger partial charge is 0.285 e. The number of benzene rings is 1. The average Bonchev–Trinajstić information content (AvgIpc) is 2.95. The second-order valence-electron chi connectivity index (χ2n) is 5.73. The first-order valence-electron chi connectivity index (χ1n) is 8.09. The maximum atomic E-state index is 12.8. The van der Waals surface area contributed by atoms with E-state index in [4.69, 9.17) is 0 Å². The zero-order chi connectivity index (χ0) is 16.1. The maximum absolute atomic E-state index is 12.8. The predicted molar refractivity (Wildman–Crippen MR) is 87.0 cm³/mol. The number of hydrogen-bond donors (Lipinski definition) is 2. The summed E-state index contributed by atoms with van der Waals surface area (Å²) >= 11 is 0. The van der Waals surface area contributed by atoms with E-state index in [1.165, 1.54) is 5.56 Å². The first-order chi connectivity index (χ1) is 10.6. The van der Waals surface area contributed by atoms with Gasteiger partial charge in [0.15, 0.2) is 12.6 Å². The summed E-state index contributed by atoms with van der Waals surface area (Å²) in [6.07, 6.45) is 0.909. The minimum atomic E-state index is -0.223. The molecule has 0 aliphatic carbocycles. The van der Waals surface area contributed by atoms with E-state index < -0.39 is 0 Å². The number of rotatable bonds is 6. The van der Waals surface area contributed by atoms with Gasteiger partial charge in [0.1, 0.15) is 0 Å². The molecule has 0 radical (unpaired) electrons. The SMILES string of the molecule is CCNC(=O)C[NH+](CC)[C@@H](C)C(=O)N1CCc2ccccc21. The fraction of sp³-hybridized carbons (Fsp3) is 0.529. The van der Waals surface area contributed by atoms with Crippen LogP contribution in [0.1, 0.15) is 26.3 Å². The van der Waals surface area contributed by atoms with Crippen LogP contribution in [-0.2, 0) is 16.0 Å². The van der Waals surface area contributed by atoms with Crippen LogP contribution in [0.15, 0.2) is 24.3 Å². The summed E-state index contributed by atoms with van der Waals surface area (Å²) in [7, 11) is 0. The number of nitrogens with one attached hydrogen (secondary N) is 2. The maximum Gasteiger partial charge on any atom is 0.285 e. The number of amides is 2. The van der Waals surface area contributed by atoms with Crippen LogP contribution in [-0.4, -0.2) is 44.0 Å². The Morgan fingerprint density at radius 2 is 2.05 bits per heavy atom. The third-order valence-electron chi connectivity index (χ3n) is 4.35. The molecule has 2 atom stereocenters. The van der Waals surface area contributed by atoms with Crippen molar-refractivity contribution < 1.29 is 14.5 Å². The van der Waals surface area contributed by atoms with Crippen LogP contribution in [0.5, 0.6) is 0 Å². The van der Waals surface area contributed by atoms with Crippen LogP contribution in [0, 0.1) is 0 Å². The minimum Gasteiger partial charge on any atom is -0.351 e. The first kappa shape index (κ1) is 16.5. The van der Waals surface area contributed by atoms with Gasteiger partial charge in [-0.15, -0.1) is 0 Å². The molecule has 0 fully saturated rings. The molecule has 1 aromatic rings. The van der Waals surface area contributed by atoms with Crippen molar-refractivity contribution in [1.29, 1.82) is 0 Å². The summed E-state index contributed by atoms with van der Waals surface area (Å²) < 4.78 is 0. The third kappa shape index (κ3) is 3.47. The Bertz CT molecular complexity index is 544. The molecule has 1 aromatic carbocycles. The molecule has 0 saturated carbocycles. The summed E-state index contributed by atoms with van der Waals surface area (Å²) in [4.78, 5) is 27.5. The average molecular weight is 304 g/mol. The number of hydrogen-bond acceptors (Lipinski definition) is 2. The molecule has 1 aliphatic rings. The van der Waals surface area contributed by atoms with Gasteiger partial charge < -0.3 is 15.1 Å². The lowest BCUT2D eigenvalue weighted by Crippen LogP contribution is -3.17. The van der Waals surface area contributed by atoms with Crippen molar-refractivity contribution in [2.75, 3.05) is 31.1 Å². The summed E-state index contributed by atoms with van der Waals surface area (Å²) in [6.45, 7) is 8.28. The lowest BCUT2D eigenvalue weighted by atomic mass is 10.2. The second-order valence-corrected chi connectivity index (χ2v) is 5.73. The molecular weight excluding hydrogens is 278 g/mol. The van der Waals surface area contributed by atoms with Crippen molar-refractivity contribution in [3.63, 3.8) is 0 Å². The largest absolute Gasteiger partial charge is 0.351 e. The van der Waals surface area contributed by atoms with Gasteiger partial charge in [0, 0.05) is 18.8 Å². The number of likely N-dealkylation sites (N-methyl/N-ethyl adjacent to an activating group) is 2. The van der Waals surface area contributed by atoms with Crippen molar-refractivity contribution in [3.8, 4) is 0 Å². The highest BCUT2D eigenvalue weighted by atomic mass is 16.2. The fourth-order valence-corrected chi connectivity index (χ4v) is 3.03. The van der Waals surface area contributed by atoms with Crippen LogP contribution >= 0.6 is 0 Å². The topological polar surface area (TPSA) is 53.9 Å². The van der Waals surface area contributed by atoms with Crippen LogP contribution in [0.3, 0.4) is 0 Å². The summed E-state index contributed by atoms with van der Waals surface area (Å²) in [5.74, 6) is 0.104. The number of carbonyl (C=O) groups is 2. The van der Waals surface area contributed by atoms with Crippen LogP contribution in [0.4, 0.5) is 5.69 Å². The molecule has 1 heterocycles. The van der Waals surface area contributed by atoms with Gasteiger partial charge in [-0.2, -0.15) is 0 Å². The van der Waals surface area contributed by atoms with Gasteiger partial charge in [0.05, 0.1) is 6.54 Å². The number of quaternary nitrogens is 1. The van der Waals surface area contributed by atoms with Gasteiger partial charge >= 0.3 is 0 Å². The Kier molecular flexibility index (Phi) is 5.55. The highest BCUT2D eigenvalue weighted by Gasteiger charge is 2.33. The second kappa shape index (κ2) is 7.40. The van der Waals surface area contributed by atoms with E-state index in [-0.39, 0.29) is 17.9 Å². The number of anilines is 1. The van der Waals surface area contributed by atoms with Crippen LogP contribution in [0.25, 0.3) is 0 Å². The molecule has 1 unspecified atom stereocenters. The zero-order valence-electron chi connectivity index (χ0n) is 13.7. The first-order valence-corrected chi connectivity index (χ1v) is 8.09. The Morgan fingerprint density at radius 3 is 2.73 bits per heavy atom. The molecule has 120 valence electrons. The molecule has 5 nitrogen and oxygen atoms in total. The Hall–Kier alpha value is -1.88. The number of para-hydroxylation sites is 1. The normalized spacial score (nSPS) is 16.0. The van der Waals surface area contributed by atoms with Gasteiger partial charge in [-0.05, 0) is 38.8 Å². The predicted octanol–water partition coefficient (Wildman–Crippen LogP) is 0.00510. The van der Waals surface area contributed by atoms with Crippen LogP contribution in [0.2, 0.25) is 0 Å². The van der Waals surface area contributed by atoms with E-state index in [1.54, 1.807) is 0 Å². The summed E-state index contributed by atoms with van der Waals surface area (Å²) in [5.41, 5.74) is 2.25. The van der Waals surface area contributed by atoms with Gasteiger partial charge in [-0.3, -0.25) is 9.59 Å². The van der Waals surface area contributed by atoms with Crippen molar-refractivity contribution >= 4 is 17.5 Å². The molecule has 22 heavy (non-hydrogen) atoms.